The highest BCUT2D eigenvalue weighted by atomic mass is 35.5. The lowest BCUT2D eigenvalue weighted by Gasteiger charge is -2.12. The lowest BCUT2D eigenvalue weighted by Crippen LogP contribution is -2.30. The molecule has 3 rings (SSSR count). The molecule has 1 amide bonds. The SMILES string of the molecule is CNC(C(=O)Nc1nnc(Cc2cccc(OC)c2)s1)c1cnn(C)c1.Cl. The summed E-state index contributed by atoms with van der Waals surface area (Å²) in [6.45, 7) is 0. The van der Waals surface area contributed by atoms with Gasteiger partial charge in [-0.25, -0.2) is 0 Å². The van der Waals surface area contributed by atoms with Gasteiger partial charge in [-0.1, -0.05) is 23.5 Å². The van der Waals surface area contributed by atoms with Crippen LogP contribution in [0.5, 0.6) is 5.75 Å². The summed E-state index contributed by atoms with van der Waals surface area (Å²) in [5, 5.41) is 19.4. The first-order chi connectivity index (χ1) is 12.6. The molecule has 0 bridgehead atoms. The highest BCUT2D eigenvalue weighted by molar-refractivity contribution is 7.15. The van der Waals surface area contributed by atoms with Gasteiger partial charge in [0.05, 0.1) is 13.3 Å². The molecule has 0 aliphatic heterocycles. The van der Waals surface area contributed by atoms with Gasteiger partial charge in [-0.15, -0.1) is 22.6 Å². The number of nitrogens with zero attached hydrogens (tertiary/aromatic N) is 4. The Labute approximate surface area is 167 Å². The van der Waals surface area contributed by atoms with Crippen molar-refractivity contribution in [2.24, 2.45) is 7.05 Å². The van der Waals surface area contributed by atoms with E-state index in [-0.39, 0.29) is 18.3 Å². The van der Waals surface area contributed by atoms with Crippen molar-refractivity contribution in [1.82, 2.24) is 25.3 Å². The van der Waals surface area contributed by atoms with E-state index in [9.17, 15) is 4.79 Å². The van der Waals surface area contributed by atoms with E-state index in [0.29, 0.717) is 11.6 Å². The van der Waals surface area contributed by atoms with Crippen LogP contribution in [0.25, 0.3) is 0 Å². The van der Waals surface area contributed by atoms with E-state index in [4.69, 9.17) is 4.74 Å². The maximum absolute atomic E-state index is 12.5. The van der Waals surface area contributed by atoms with Crippen molar-refractivity contribution in [2.45, 2.75) is 12.5 Å². The van der Waals surface area contributed by atoms with Gasteiger partial charge in [-0.3, -0.25) is 14.8 Å². The van der Waals surface area contributed by atoms with Crippen molar-refractivity contribution >= 4 is 34.8 Å². The number of anilines is 1. The van der Waals surface area contributed by atoms with Crippen LogP contribution in [0.15, 0.2) is 36.7 Å². The molecule has 0 aliphatic rings. The fraction of sp³-hybridized carbons (Fsp3) is 0.294. The molecule has 1 aromatic carbocycles. The number of hydrogen-bond donors (Lipinski definition) is 2. The van der Waals surface area contributed by atoms with E-state index in [2.05, 4.69) is 25.9 Å². The number of rotatable bonds is 7. The van der Waals surface area contributed by atoms with Gasteiger partial charge < -0.3 is 10.1 Å². The zero-order valence-electron chi connectivity index (χ0n) is 15.2. The summed E-state index contributed by atoms with van der Waals surface area (Å²) in [7, 11) is 5.17. The Hall–Kier alpha value is -2.49. The zero-order valence-corrected chi connectivity index (χ0v) is 16.8. The monoisotopic (exact) mass is 408 g/mol. The fourth-order valence-corrected chi connectivity index (χ4v) is 3.33. The van der Waals surface area contributed by atoms with E-state index >= 15 is 0 Å². The Morgan fingerprint density at radius 2 is 2.19 bits per heavy atom. The molecule has 8 nitrogen and oxygen atoms in total. The van der Waals surface area contributed by atoms with Crippen molar-refractivity contribution in [3.05, 3.63) is 52.8 Å². The van der Waals surface area contributed by atoms with Gasteiger partial charge in [0.15, 0.2) is 0 Å². The van der Waals surface area contributed by atoms with E-state index in [1.165, 1.54) is 11.3 Å². The lowest BCUT2D eigenvalue weighted by molar-refractivity contribution is -0.118. The summed E-state index contributed by atoms with van der Waals surface area (Å²) in [4.78, 5) is 12.5. The predicted molar refractivity (Wildman–Crippen MR) is 107 cm³/mol. The molecule has 27 heavy (non-hydrogen) atoms. The van der Waals surface area contributed by atoms with Gasteiger partial charge in [0.1, 0.15) is 16.8 Å². The molecular weight excluding hydrogens is 388 g/mol. The largest absolute Gasteiger partial charge is 0.497 e. The average molecular weight is 409 g/mol. The van der Waals surface area contributed by atoms with Crippen LogP contribution in [0, 0.1) is 0 Å². The smallest absolute Gasteiger partial charge is 0.248 e. The van der Waals surface area contributed by atoms with E-state index in [0.717, 1.165) is 21.9 Å². The summed E-state index contributed by atoms with van der Waals surface area (Å²) < 4.78 is 6.89. The molecule has 10 heteroatoms. The number of carbonyl (C=O) groups is 1. The van der Waals surface area contributed by atoms with Gasteiger partial charge >= 0.3 is 0 Å². The first kappa shape index (κ1) is 20.8. The Morgan fingerprint density at radius 1 is 1.37 bits per heavy atom. The van der Waals surface area contributed by atoms with Gasteiger partial charge in [-0.05, 0) is 24.7 Å². The normalized spacial score (nSPS) is 11.5. The minimum absolute atomic E-state index is 0. The molecule has 0 saturated carbocycles. The lowest BCUT2D eigenvalue weighted by atomic mass is 10.1. The molecule has 144 valence electrons. The van der Waals surface area contributed by atoms with Crippen molar-refractivity contribution in [3.8, 4) is 5.75 Å². The van der Waals surface area contributed by atoms with E-state index in [1.54, 1.807) is 31.2 Å². The summed E-state index contributed by atoms with van der Waals surface area (Å²) in [6, 6.07) is 7.28. The molecule has 1 atom stereocenters. The molecule has 1 unspecified atom stereocenters. The molecular formula is C17H21ClN6O2S. The minimum atomic E-state index is -0.505. The number of benzene rings is 1. The summed E-state index contributed by atoms with van der Waals surface area (Å²) in [5.41, 5.74) is 1.86. The number of aromatic nitrogens is 4. The van der Waals surface area contributed by atoms with Crippen molar-refractivity contribution in [3.63, 3.8) is 0 Å². The van der Waals surface area contributed by atoms with Crippen LogP contribution >= 0.6 is 23.7 Å². The number of hydrogen-bond acceptors (Lipinski definition) is 7. The Kier molecular flexibility index (Phi) is 7.28. The predicted octanol–water partition coefficient (Wildman–Crippen LogP) is 2.19. The first-order valence-corrected chi connectivity index (χ1v) is 8.82. The molecule has 2 aromatic heterocycles. The van der Waals surface area contributed by atoms with E-state index in [1.807, 2.05) is 31.3 Å². The molecule has 0 saturated heterocycles. The van der Waals surface area contributed by atoms with Gasteiger partial charge in [0.25, 0.3) is 0 Å². The quantitative estimate of drug-likeness (QED) is 0.622. The summed E-state index contributed by atoms with van der Waals surface area (Å²) in [6.07, 6.45) is 4.09. The molecule has 0 spiro atoms. The number of halogens is 1. The Balaban J connectivity index is 0.00000261. The number of nitrogens with one attached hydrogen (secondary N) is 2. The molecule has 3 aromatic rings. The second-order valence-corrected chi connectivity index (χ2v) is 6.75. The van der Waals surface area contributed by atoms with Crippen LogP contribution in [0.3, 0.4) is 0 Å². The highest BCUT2D eigenvalue weighted by Gasteiger charge is 2.21. The molecule has 2 heterocycles. The van der Waals surface area contributed by atoms with Gasteiger partial charge in [0.2, 0.25) is 11.0 Å². The minimum Gasteiger partial charge on any atom is -0.497 e. The Morgan fingerprint density at radius 3 is 2.85 bits per heavy atom. The number of likely N-dealkylation sites (N-methyl/N-ethyl adjacent to an activating group) is 1. The third-order valence-corrected chi connectivity index (χ3v) is 4.63. The van der Waals surface area contributed by atoms with Gasteiger partial charge in [-0.2, -0.15) is 5.10 Å². The number of amides is 1. The number of aryl methyl sites for hydroxylation is 1. The van der Waals surface area contributed by atoms with Gasteiger partial charge in [0, 0.05) is 25.2 Å². The summed E-state index contributed by atoms with van der Waals surface area (Å²) >= 11 is 1.35. The highest BCUT2D eigenvalue weighted by Crippen LogP contribution is 2.22. The van der Waals surface area contributed by atoms with Crippen LogP contribution in [-0.4, -0.2) is 40.0 Å². The van der Waals surface area contributed by atoms with Crippen LogP contribution in [-0.2, 0) is 18.3 Å². The third-order valence-electron chi connectivity index (χ3n) is 3.80. The molecule has 0 aliphatic carbocycles. The second kappa shape index (κ2) is 9.45. The maximum atomic E-state index is 12.5. The third kappa shape index (κ3) is 5.25. The molecule has 2 N–H and O–H groups in total. The van der Waals surface area contributed by atoms with Crippen molar-refractivity contribution in [1.29, 1.82) is 0 Å². The zero-order chi connectivity index (χ0) is 18.5. The number of methoxy groups -OCH3 is 1. The fourth-order valence-electron chi connectivity index (χ4n) is 2.55. The van der Waals surface area contributed by atoms with Crippen LogP contribution in [0.2, 0.25) is 0 Å². The van der Waals surface area contributed by atoms with Crippen molar-refractivity contribution < 1.29 is 9.53 Å². The molecule has 0 fully saturated rings. The molecule has 0 radical (unpaired) electrons. The first-order valence-electron chi connectivity index (χ1n) is 8.01. The van der Waals surface area contributed by atoms with Crippen LogP contribution in [0.4, 0.5) is 5.13 Å². The van der Waals surface area contributed by atoms with Crippen molar-refractivity contribution in [2.75, 3.05) is 19.5 Å². The maximum Gasteiger partial charge on any atom is 0.248 e. The summed E-state index contributed by atoms with van der Waals surface area (Å²) in [5.74, 6) is 0.596. The standard InChI is InChI=1S/C17H20N6O2S.ClH/c1-18-15(12-9-19-23(2)10-12)16(24)20-17-22-21-14(26-17)8-11-5-4-6-13(7-11)25-3;/h4-7,9-10,15,18H,8H2,1-3H3,(H,20,22,24);1H. The topological polar surface area (TPSA) is 94.0 Å². The Bertz CT molecular complexity index is 897. The number of ether oxygens (including phenoxy) is 1. The van der Waals surface area contributed by atoms with Crippen LogP contribution < -0.4 is 15.4 Å². The number of carbonyl (C=O) groups excluding carboxylic acids is 1. The van der Waals surface area contributed by atoms with E-state index < -0.39 is 6.04 Å². The average Bonchev–Trinajstić information content (AvgIpc) is 3.25. The van der Waals surface area contributed by atoms with Crippen LogP contribution in [0.1, 0.15) is 22.2 Å². The second-order valence-electron chi connectivity index (χ2n) is 5.69.